The molecule has 1 aliphatic carbocycles. The molecule has 1 rings (SSSR count). The van der Waals surface area contributed by atoms with E-state index in [1.165, 1.54) is 0 Å². The summed E-state index contributed by atoms with van der Waals surface area (Å²) < 4.78 is 4.90. The van der Waals surface area contributed by atoms with Crippen molar-refractivity contribution in [2.75, 3.05) is 6.61 Å². The van der Waals surface area contributed by atoms with Crippen molar-refractivity contribution >= 4 is 18.6 Å². The van der Waals surface area contributed by atoms with E-state index in [0.717, 1.165) is 24.8 Å². The molecule has 0 amide bonds. The lowest BCUT2D eigenvalue weighted by Crippen LogP contribution is -2.18. The van der Waals surface area contributed by atoms with Gasteiger partial charge in [0.05, 0.1) is 6.61 Å². The summed E-state index contributed by atoms with van der Waals surface area (Å²) in [6.45, 7) is 2.26. The molecule has 68 valence electrons. The van der Waals surface area contributed by atoms with Gasteiger partial charge in [0.2, 0.25) is 0 Å². The van der Waals surface area contributed by atoms with Crippen LogP contribution in [0.1, 0.15) is 26.2 Å². The Labute approximate surface area is 78.4 Å². The maximum Gasteiger partial charge on any atom is 0.334 e. The minimum atomic E-state index is -0.197. The van der Waals surface area contributed by atoms with Gasteiger partial charge in [0.25, 0.3) is 0 Å². The molecule has 0 radical (unpaired) electrons. The number of allylic oxidation sites excluding steroid dienone is 1. The minimum absolute atomic E-state index is 0.0813. The normalized spacial score (nSPS) is 23.2. The second-order valence-corrected chi connectivity index (χ2v) is 3.45. The van der Waals surface area contributed by atoms with E-state index in [9.17, 15) is 4.79 Å². The zero-order valence-electron chi connectivity index (χ0n) is 7.25. The van der Waals surface area contributed by atoms with E-state index in [1.807, 2.05) is 13.0 Å². The van der Waals surface area contributed by atoms with Gasteiger partial charge in [-0.3, -0.25) is 0 Å². The highest BCUT2D eigenvalue weighted by molar-refractivity contribution is 7.81. The van der Waals surface area contributed by atoms with Crippen LogP contribution in [0, 0.1) is 0 Å². The second-order valence-electron chi connectivity index (χ2n) is 2.83. The predicted octanol–water partition coefficient (Wildman–Crippen LogP) is 1.96. The molecule has 1 unspecified atom stereocenters. The molecule has 1 atom stereocenters. The summed E-state index contributed by atoms with van der Waals surface area (Å²) in [5, 5.41) is 0.0813. The highest BCUT2D eigenvalue weighted by atomic mass is 32.1. The van der Waals surface area contributed by atoms with E-state index in [4.69, 9.17) is 4.74 Å². The minimum Gasteiger partial charge on any atom is -0.463 e. The van der Waals surface area contributed by atoms with E-state index in [0.29, 0.717) is 6.61 Å². The Bertz CT molecular complexity index is 199. The fraction of sp³-hybridized carbons (Fsp3) is 0.667. The third kappa shape index (κ3) is 2.27. The summed E-state index contributed by atoms with van der Waals surface area (Å²) in [4.78, 5) is 11.3. The fourth-order valence-electron chi connectivity index (χ4n) is 1.29. The van der Waals surface area contributed by atoms with Crippen LogP contribution < -0.4 is 0 Å². The van der Waals surface area contributed by atoms with Crippen LogP contribution in [0.4, 0.5) is 0 Å². The van der Waals surface area contributed by atoms with Crippen molar-refractivity contribution < 1.29 is 9.53 Å². The van der Waals surface area contributed by atoms with Gasteiger partial charge >= 0.3 is 5.97 Å². The number of rotatable bonds is 2. The first kappa shape index (κ1) is 9.65. The van der Waals surface area contributed by atoms with Gasteiger partial charge in [-0.1, -0.05) is 6.08 Å². The first-order valence-electron chi connectivity index (χ1n) is 4.31. The summed E-state index contributed by atoms with van der Waals surface area (Å²) in [7, 11) is 0. The average molecular weight is 186 g/mol. The molecular weight excluding hydrogens is 172 g/mol. The van der Waals surface area contributed by atoms with Crippen LogP contribution in [0.2, 0.25) is 0 Å². The van der Waals surface area contributed by atoms with E-state index in [-0.39, 0.29) is 11.2 Å². The molecule has 2 nitrogen and oxygen atoms in total. The third-order valence-corrected chi connectivity index (χ3v) is 2.45. The summed E-state index contributed by atoms with van der Waals surface area (Å²) in [6.07, 6.45) is 5.02. The van der Waals surface area contributed by atoms with Crippen LogP contribution in [-0.4, -0.2) is 17.8 Å². The maximum atomic E-state index is 11.3. The van der Waals surface area contributed by atoms with Crippen molar-refractivity contribution in [1.29, 1.82) is 0 Å². The number of thiol groups is 1. The van der Waals surface area contributed by atoms with Crippen molar-refractivity contribution in [2.45, 2.75) is 31.4 Å². The molecule has 0 saturated heterocycles. The van der Waals surface area contributed by atoms with Crippen molar-refractivity contribution in [3.8, 4) is 0 Å². The highest BCUT2D eigenvalue weighted by Gasteiger charge is 2.20. The smallest absolute Gasteiger partial charge is 0.334 e. The van der Waals surface area contributed by atoms with Crippen molar-refractivity contribution in [3.05, 3.63) is 11.6 Å². The molecule has 0 N–H and O–H groups in total. The Morgan fingerprint density at radius 2 is 2.58 bits per heavy atom. The number of ether oxygens (including phenoxy) is 1. The van der Waals surface area contributed by atoms with E-state index in [2.05, 4.69) is 12.6 Å². The van der Waals surface area contributed by atoms with E-state index < -0.39 is 0 Å². The van der Waals surface area contributed by atoms with Gasteiger partial charge in [0.15, 0.2) is 0 Å². The van der Waals surface area contributed by atoms with Crippen LogP contribution in [0.25, 0.3) is 0 Å². The SMILES string of the molecule is CCOC(=O)C1=CCCCC1S. The van der Waals surface area contributed by atoms with Crippen LogP contribution in [0.5, 0.6) is 0 Å². The molecule has 3 heteroatoms. The number of carbonyl (C=O) groups is 1. The summed E-state index contributed by atoms with van der Waals surface area (Å²) in [5.74, 6) is -0.197. The predicted molar refractivity (Wildman–Crippen MR) is 51.3 cm³/mol. The lowest BCUT2D eigenvalue weighted by Gasteiger charge is -2.17. The zero-order chi connectivity index (χ0) is 8.97. The van der Waals surface area contributed by atoms with Gasteiger partial charge in [-0.15, -0.1) is 0 Å². The molecule has 0 aromatic rings. The Balaban J connectivity index is 2.59. The fourth-order valence-corrected chi connectivity index (χ4v) is 1.69. The van der Waals surface area contributed by atoms with Gasteiger partial charge in [0.1, 0.15) is 0 Å². The van der Waals surface area contributed by atoms with Crippen LogP contribution in [0.15, 0.2) is 11.6 Å². The molecule has 0 fully saturated rings. The second kappa shape index (κ2) is 4.55. The molecule has 12 heavy (non-hydrogen) atoms. The zero-order valence-corrected chi connectivity index (χ0v) is 8.14. The van der Waals surface area contributed by atoms with Gasteiger partial charge in [-0.2, -0.15) is 12.6 Å². The number of esters is 1. The molecule has 0 aromatic carbocycles. The van der Waals surface area contributed by atoms with Gasteiger partial charge in [-0.25, -0.2) is 4.79 Å². The first-order chi connectivity index (χ1) is 5.75. The first-order valence-corrected chi connectivity index (χ1v) is 4.82. The van der Waals surface area contributed by atoms with Gasteiger partial charge in [-0.05, 0) is 26.2 Å². The van der Waals surface area contributed by atoms with Gasteiger partial charge < -0.3 is 4.74 Å². The van der Waals surface area contributed by atoms with Crippen LogP contribution >= 0.6 is 12.6 Å². The Morgan fingerprint density at radius 1 is 1.83 bits per heavy atom. The van der Waals surface area contributed by atoms with Gasteiger partial charge in [0, 0.05) is 10.8 Å². The molecule has 0 spiro atoms. The Hall–Kier alpha value is -0.440. The highest BCUT2D eigenvalue weighted by Crippen LogP contribution is 2.23. The van der Waals surface area contributed by atoms with E-state index in [1.54, 1.807) is 0 Å². The molecule has 0 heterocycles. The van der Waals surface area contributed by atoms with Crippen molar-refractivity contribution in [2.24, 2.45) is 0 Å². The molecule has 0 bridgehead atoms. The Kier molecular flexibility index (Phi) is 3.66. The monoisotopic (exact) mass is 186 g/mol. The van der Waals surface area contributed by atoms with Crippen molar-refractivity contribution in [3.63, 3.8) is 0 Å². The molecule has 0 aliphatic heterocycles. The number of hydrogen-bond acceptors (Lipinski definition) is 3. The molecule has 1 aliphatic rings. The standard InChI is InChI=1S/C9H14O2S/c1-2-11-9(10)7-5-3-4-6-8(7)12/h5,8,12H,2-4,6H2,1H3. The number of hydrogen-bond donors (Lipinski definition) is 1. The Morgan fingerprint density at radius 3 is 3.17 bits per heavy atom. The molecule has 0 saturated carbocycles. The van der Waals surface area contributed by atoms with Crippen LogP contribution in [0.3, 0.4) is 0 Å². The molecular formula is C9H14O2S. The number of carbonyl (C=O) groups excluding carboxylic acids is 1. The van der Waals surface area contributed by atoms with Crippen molar-refractivity contribution in [1.82, 2.24) is 0 Å². The lowest BCUT2D eigenvalue weighted by atomic mass is 9.99. The maximum absolute atomic E-state index is 11.3. The summed E-state index contributed by atoms with van der Waals surface area (Å²) >= 11 is 4.32. The third-order valence-electron chi connectivity index (χ3n) is 1.92. The van der Waals surface area contributed by atoms with Crippen LogP contribution in [-0.2, 0) is 9.53 Å². The average Bonchev–Trinajstić information content (AvgIpc) is 2.05. The quantitative estimate of drug-likeness (QED) is 0.527. The largest absolute Gasteiger partial charge is 0.463 e. The summed E-state index contributed by atoms with van der Waals surface area (Å²) in [5.41, 5.74) is 0.742. The topological polar surface area (TPSA) is 26.3 Å². The lowest BCUT2D eigenvalue weighted by molar-refractivity contribution is -0.138. The molecule has 0 aromatic heterocycles. The van der Waals surface area contributed by atoms with E-state index >= 15 is 0 Å². The summed E-state index contributed by atoms with van der Waals surface area (Å²) in [6, 6.07) is 0.